The van der Waals surface area contributed by atoms with Crippen LogP contribution in [0, 0.1) is 0 Å². The first-order valence-corrected chi connectivity index (χ1v) is 8.85. The molecular formula is C20H23N5O. The van der Waals surface area contributed by atoms with Gasteiger partial charge in [0.05, 0.1) is 5.56 Å². The molecule has 1 aliphatic heterocycles. The first-order chi connectivity index (χ1) is 12.7. The number of ketones is 1. The van der Waals surface area contributed by atoms with Gasteiger partial charge in [-0.1, -0.05) is 24.3 Å². The first-order valence-electron chi connectivity index (χ1n) is 8.85. The average Bonchev–Trinajstić information content (AvgIpc) is 2.96. The molecule has 0 bridgehead atoms. The molecule has 1 aromatic carbocycles. The molecule has 3 aromatic rings. The van der Waals surface area contributed by atoms with Crippen molar-refractivity contribution in [1.29, 1.82) is 0 Å². The number of anilines is 2. The highest BCUT2D eigenvalue weighted by atomic mass is 16.1. The molecule has 1 fully saturated rings. The van der Waals surface area contributed by atoms with Gasteiger partial charge < -0.3 is 16.0 Å². The van der Waals surface area contributed by atoms with E-state index in [4.69, 9.17) is 10.7 Å². The maximum absolute atomic E-state index is 13.0. The van der Waals surface area contributed by atoms with E-state index in [2.05, 4.69) is 21.3 Å². The first kappa shape index (κ1) is 16.5. The molecule has 0 radical (unpaired) electrons. The number of benzene rings is 1. The predicted octanol–water partition coefficient (Wildman–Crippen LogP) is 2.49. The van der Waals surface area contributed by atoms with Crippen LogP contribution in [-0.4, -0.2) is 41.9 Å². The molecular weight excluding hydrogens is 326 g/mol. The maximum Gasteiger partial charge on any atom is 0.215 e. The molecule has 0 amide bonds. The van der Waals surface area contributed by atoms with Crippen molar-refractivity contribution in [1.82, 2.24) is 15.3 Å². The fourth-order valence-electron chi connectivity index (χ4n) is 3.34. The molecule has 6 heteroatoms. The SMILES string of the molecule is Nc1ncccc1C(=O)c1cc2ccccc2c(N2CCCNCC2)n1.[HH]. The minimum atomic E-state index is -0.199. The Morgan fingerprint density at radius 2 is 2.04 bits per heavy atom. The lowest BCUT2D eigenvalue weighted by molar-refractivity contribution is 0.103. The van der Waals surface area contributed by atoms with Gasteiger partial charge in [-0.25, -0.2) is 9.97 Å². The molecule has 134 valence electrons. The molecule has 0 unspecified atom stereocenters. The van der Waals surface area contributed by atoms with E-state index >= 15 is 0 Å². The Bertz CT molecular complexity index is 954. The van der Waals surface area contributed by atoms with Crippen molar-refractivity contribution in [3.8, 4) is 0 Å². The predicted molar refractivity (Wildman–Crippen MR) is 106 cm³/mol. The van der Waals surface area contributed by atoms with E-state index < -0.39 is 0 Å². The summed E-state index contributed by atoms with van der Waals surface area (Å²) in [4.78, 5) is 24.0. The molecule has 0 aliphatic carbocycles. The van der Waals surface area contributed by atoms with Crippen LogP contribution in [0.25, 0.3) is 10.8 Å². The van der Waals surface area contributed by atoms with Crippen LogP contribution < -0.4 is 16.0 Å². The minimum Gasteiger partial charge on any atom is -0.383 e. The van der Waals surface area contributed by atoms with Crippen molar-refractivity contribution in [2.75, 3.05) is 36.8 Å². The number of rotatable bonds is 3. The number of hydrogen-bond donors (Lipinski definition) is 2. The summed E-state index contributed by atoms with van der Waals surface area (Å²) in [7, 11) is 0. The van der Waals surface area contributed by atoms with Crippen LogP contribution in [0.3, 0.4) is 0 Å². The summed E-state index contributed by atoms with van der Waals surface area (Å²) in [5.41, 5.74) is 6.68. The number of nitrogen functional groups attached to an aromatic ring is 1. The number of hydrogen-bond acceptors (Lipinski definition) is 6. The zero-order valence-corrected chi connectivity index (χ0v) is 14.5. The van der Waals surface area contributed by atoms with Gasteiger partial charge in [0, 0.05) is 32.6 Å². The molecule has 0 atom stereocenters. The van der Waals surface area contributed by atoms with Gasteiger partial charge in [-0.05, 0) is 36.6 Å². The Morgan fingerprint density at radius 3 is 2.92 bits per heavy atom. The molecule has 4 rings (SSSR count). The van der Waals surface area contributed by atoms with Gasteiger partial charge in [-0.15, -0.1) is 0 Å². The van der Waals surface area contributed by atoms with Crippen LogP contribution >= 0.6 is 0 Å². The molecule has 2 aromatic heterocycles. The van der Waals surface area contributed by atoms with Crippen molar-refractivity contribution in [3.05, 3.63) is 59.9 Å². The molecule has 1 saturated heterocycles. The summed E-state index contributed by atoms with van der Waals surface area (Å²) in [6, 6.07) is 13.3. The molecule has 0 saturated carbocycles. The average molecular weight is 349 g/mol. The Balaban J connectivity index is 0.00000210. The second-order valence-electron chi connectivity index (χ2n) is 6.41. The minimum absolute atomic E-state index is 0. The van der Waals surface area contributed by atoms with E-state index in [-0.39, 0.29) is 13.0 Å². The molecule has 1 aliphatic rings. The largest absolute Gasteiger partial charge is 0.383 e. The van der Waals surface area contributed by atoms with E-state index in [9.17, 15) is 4.79 Å². The number of carbonyl (C=O) groups is 1. The Kier molecular flexibility index (Phi) is 4.50. The number of aromatic nitrogens is 2. The fraction of sp³-hybridized carbons (Fsp3) is 0.250. The highest BCUT2D eigenvalue weighted by Gasteiger charge is 2.20. The fourth-order valence-corrected chi connectivity index (χ4v) is 3.34. The number of nitrogens with two attached hydrogens (primary N) is 1. The number of carbonyl (C=O) groups excluding carboxylic acids is 1. The highest BCUT2D eigenvalue weighted by Crippen LogP contribution is 2.27. The van der Waals surface area contributed by atoms with Crippen LogP contribution in [0.15, 0.2) is 48.7 Å². The van der Waals surface area contributed by atoms with Crippen LogP contribution in [0.5, 0.6) is 0 Å². The topological polar surface area (TPSA) is 84.1 Å². The van der Waals surface area contributed by atoms with E-state index in [0.717, 1.165) is 49.2 Å². The van der Waals surface area contributed by atoms with Gasteiger partial charge >= 0.3 is 0 Å². The lowest BCUT2D eigenvalue weighted by Crippen LogP contribution is -2.29. The van der Waals surface area contributed by atoms with E-state index in [1.165, 1.54) is 0 Å². The third kappa shape index (κ3) is 3.11. The van der Waals surface area contributed by atoms with Gasteiger partial charge in [-0.2, -0.15) is 0 Å². The Labute approximate surface area is 153 Å². The summed E-state index contributed by atoms with van der Waals surface area (Å²) in [5, 5.41) is 5.47. The van der Waals surface area contributed by atoms with Crippen molar-refractivity contribution < 1.29 is 6.22 Å². The summed E-state index contributed by atoms with van der Waals surface area (Å²) >= 11 is 0. The third-order valence-corrected chi connectivity index (χ3v) is 4.68. The highest BCUT2D eigenvalue weighted by molar-refractivity contribution is 6.12. The number of pyridine rings is 2. The van der Waals surface area contributed by atoms with Crippen LogP contribution in [0.4, 0.5) is 11.6 Å². The zero-order chi connectivity index (χ0) is 17.9. The molecule has 3 heterocycles. The van der Waals surface area contributed by atoms with Gasteiger partial charge in [0.2, 0.25) is 5.78 Å². The number of nitrogens with zero attached hydrogens (tertiary/aromatic N) is 3. The monoisotopic (exact) mass is 349 g/mol. The van der Waals surface area contributed by atoms with E-state index in [0.29, 0.717) is 11.3 Å². The second kappa shape index (κ2) is 7.09. The van der Waals surface area contributed by atoms with Gasteiger partial charge in [0.25, 0.3) is 0 Å². The van der Waals surface area contributed by atoms with Crippen LogP contribution in [0.1, 0.15) is 23.9 Å². The summed E-state index contributed by atoms with van der Waals surface area (Å²) in [5.74, 6) is 0.890. The molecule has 0 spiro atoms. The van der Waals surface area contributed by atoms with Gasteiger partial charge in [0.15, 0.2) is 0 Å². The lowest BCUT2D eigenvalue weighted by Gasteiger charge is -2.23. The van der Waals surface area contributed by atoms with E-state index in [1.54, 1.807) is 18.3 Å². The van der Waals surface area contributed by atoms with Crippen molar-refractivity contribution in [3.63, 3.8) is 0 Å². The van der Waals surface area contributed by atoms with Crippen molar-refractivity contribution in [2.24, 2.45) is 0 Å². The summed E-state index contributed by atoms with van der Waals surface area (Å²) in [6.07, 6.45) is 2.62. The van der Waals surface area contributed by atoms with Gasteiger partial charge in [-0.3, -0.25) is 4.79 Å². The summed E-state index contributed by atoms with van der Waals surface area (Å²) in [6.45, 7) is 3.68. The van der Waals surface area contributed by atoms with Crippen molar-refractivity contribution >= 4 is 28.2 Å². The van der Waals surface area contributed by atoms with Crippen molar-refractivity contribution in [2.45, 2.75) is 6.42 Å². The quantitative estimate of drug-likeness (QED) is 0.707. The molecule has 26 heavy (non-hydrogen) atoms. The number of fused-ring (bicyclic) bond motifs is 1. The lowest BCUT2D eigenvalue weighted by atomic mass is 10.0. The molecule has 6 nitrogen and oxygen atoms in total. The summed E-state index contributed by atoms with van der Waals surface area (Å²) < 4.78 is 0. The Hall–Kier alpha value is -2.99. The van der Waals surface area contributed by atoms with Crippen LogP contribution in [0.2, 0.25) is 0 Å². The maximum atomic E-state index is 13.0. The third-order valence-electron chi connectivity index (χ3n) is 4.68. The zero-order valence-electron chi connectivity index (χ0n) is 14.5. The van der Waals surface area contributed by atoms with E-state index in [1.807, 2.05) is 24.3 Å². The molecule has 3 N–H and O–H groups in total. The van der Waals surface area contributed by atoms with Gasteiger partial charge in [0.1, 0.15) is 17.3 Å². The van der Waals surface area contributed by atoms with Crippen LogP contribution in [-0.2, 0) is 0 Å². The smallest absolute Gasteiger partial charge is 0.215 e. The second-order valence-corrected chi connectivity index (χ2v) is 6.41. The number of nitrogens with one attached hydrogen (secondary N) is 1. The standard InChI is InChI=1S/C20H21N5O.H2/c21-19-16(7-3-9-23-19)18(26)17-13-14-5-1-2-6-15(14)20(24-17)25-11-4-8-22-10-12-25;/h1-3,5-7,9,13,22H,4,8,10-12H2,(H2,21,23);1H. The Morgan fingerprint density at radius 1 is 1.15 bits per heavy atom. The normalized spacial score (nSPS) is 15.0.